The summed E-state index contributed by atoms with van der Waals surface area (Å²) in [5, 5.41) is 0. The molecule has 3 saturated heterocycles. The zero-order chi connectivity index (χ0) is 20.6. The number of amides is 2. The lowest BCUT2D eigenvalue weighted by molar-refractivity contribution is -0.137. The van der Waals surface area contributed by atoms with Crippen molar-refractivity contribution < 1.29 is 18.0 Å². The molecule has 0 bridgehead atoms. The summed E-state index contributed by atoms with van der Waals surface area (Å²) in [5.41, 5.74) is 2.08. The zero-order valence-corrected chi connectivity index (χ0v) is 17.7. The number of benzene rings is 1. The molecule has 2 atom stereocenters. The number of rotatable bonds is 4. The Morgan fingerprint density at radius 2 is 1.79 bits per heavy atom. The van der Waals surface area contributed by atoms with Gasteiger partial charge in [-0.2, -0.15) is 0 Å². The Kier molecular flexibility index (Phi) is 5.66. The van der Waals surface area contributed by atoms with Crippen molar-refractivity contribution in [3.05, 3.63) is 29.8 Å². The van der Waals surface area contributed by atoms with Crippen molar-refractivity contribution in [2.24, 2.45) is 5.92 Å². The molecule has 2 amide bonds. The second-order valence-corrected chi connectivity index (χ2v) is 10.6. The van der Waals surface area contributed by atoms with E-state index in [0.29, 0.717) is 39.1 Å². The van der Waals surface area contributed by atoms with Crippen LogP contribution in [-0.4, -0.2) is 80.3 Å². The number of aryl methyl sites for hydroxylation is 1. The van der Waals surface area contributed by atoms with Gasteiger partial charge in [-0.25, -0.2) is 8.42 Å². The maximum absolute atomic E-state index is 13.0. The number of piperazine rings is 1. The van der Waals surface area contributed by atoms with E-state index in [1.54, 1.807) is 4.90 Å². The first kappa shape index (κ1) is 20.3. The minimum Gasteiger partial charge on any atom is -0.340 e. The summed E-state index contributed by atoms with van der Waals surface area (Å²) in [5.74, 6) is 0.263. The maximum Gasteiger partial charge on any atom is 0.228 e. The van der Waals surface area contributed by atoms with E-state index in [1.165, 1.54) is 5.56 Å². The molecule has 1 aromatic rings. The molecule has 0 radical (unpaired) electrons. The van der Waals surface area contributed by atoms with Crippen molar-refractivity contribution >= 4 is 27.3 Å². The third-order valence-electron chi connectivity index (χ3n) is 6.48. The first-order valence-electron chi connectivity index (χ1n) is 10.5. The Morgan fingerprint density at radius 1 is 1.10 bits per heavy atom. The Labute approximate surface area is 172 Å². The minimum absolute atomic E-state index is 0.00222. The van der Waals surface area contributed by atoms with Gasteiger partial charge in [0.2, 0.25) is 11.8 Å². The fourth-order valence-electron chi connectivity index (χ4n) is 4.66. The van der Waals surface area contributed by atoms with Crippen molar-refractivity contribution in [3.63, 3.8) is 0 Å². The lowest BCUT2D eigenvalue weighted by Gasteiger charge is -2.38. The van der Waals surface area contributed by atoms with Crippen LogP contribution in [-0.2, 0) is 25.8 Å². The van der Waals surface area contributed by atoms with Gasteiger partial charge in [-0.3, -0.25) is 14.5 Å². The second-order valence-electron chi connectivity index (χ2n) is 8.34. The third-order valence-corrected chi connectivity index (χ3v) is 8.23. The van der Waals surface area contributed by atoms with Gasteiger partial charge in [0.25, 0.3) is 0 Å². The quantitative estimate of drug-likeness (QED) is 0.726. The van der Waals surface area contributed by atoms with E-state index in [4.69, 9.17) is 0 Å². The van der Waals surface area contributed by atoms with Gasteiger partial charge in [0, 0.05) is 50.9 Å². The predicted octanol–water partition coefficient (Wildman–Crippen LogP) is 0.933. The summed E-state index contributed by atoms with van der Waals surface area (Å²) >= 11 is 0. The van der Waals surface area contributed by atoms with Crippen LogP contribution < -0.4 is 4.90 Å². The van der Waals surface area contributed by atoms with Gasteiger partial charge in [-0.15, -0.1) is 0 Å². The van der Waals surface area contributed by atoms with E-state index in [0.717, 1.165) is 12.1 Å². The predicted molar refractivity (Wildman–Crippen MR) is 111 cm³/mol. The molecule has 0 aliphatic carbocycles. The highest BCUT2D eigenvalue weighted by Crippen LogP contribution is 2.27. The highest BCUT2D eigenvalue weighted by Gasteiger charge is 2.39. The summed E-state index contributed by atoms with van der Waals surface area (Å²) in [6, 6.07) is 8.06. The highest BCUT2D eigenvalue weighted by atomic mass is 32.2. The number of anilines is 1. The van der Waals surface area contributed by atoms with E-state index in [1.807, 2.05) is 29.2 Å². The average molecular weight is 420 g/mol. The fourth-order valence-corrected chi connectivity index (χ4v) is 6.42. The van der Waals surface area contributed by atoms with Crippen molar-refractivity contribution in [1.82, 2.24) is 9.80 Å². The lowest BCUT2D eigenvalue weighted by atomic mass is 10.1. The standard InChI is InChI=1S/C21H29N3O4S/c1-2-16-3-5-18(6-4-16)24-14-17(13-20(24)25)21(26)23-10-8-22(9-11-23)19-7-12-29(27,28)15-19/h3-6,17,19H,2,7-15H2,1H3. The van der Waals surface area contributed by atoms with E-state index in [2.05, 4.69) is 11.8 Å². The maximum atomic E-state index is 13.0. The average Bonchev–Trinajstić information content (AvgIpc) is 3.29. The number of hydrogen-bond acceptors (Lipinski definition) is 5. The van der Waals surface area contributed by atoms with Crippen LogP contribution in [0.4, 0.5) is 5.69 Å². The molecule has 0 N–H and O–H groups in total. The second kappa shape index (κ2) is 8.07. The molecule has 0 aromatic heterocycles. The van der Waals surface area contributed by atoms with Gasteiger partial charge in [-0.05, 0) is 30.5 Å². The SMILES string of the molecule is CCc1ccc(N2CC(C(=O)N3CCN(C4CCS(=O)(=O)C4)CC3)CC2=O)cc1. The number of nitrogens with zero attached hydrogens (tertiary/aromatic N) is 3. The summed E-state index contributed by atoms with van der Waals surface area (Å²) < 4.78 is 23.4. The third kappa shape index (κ3) is 4.33. The first-order chi connectivity index (χ1) is 13.9. The van der Waals surface area contributed by atoms with Crippen molar-refractivity contribution in [3.8, 4) is 0 Å². The van der Waals surface area contributed by atoms with E-state index < -0.39 is 9.84 Å². The summed E-state index contributed by atoms with van der Waals surface area (Å²) in [6.45, 7) is 5.14. The largest absolute Gasteiger partial charge is 0.340 e. The van der Waals surface area contributed by atoms with Gasteiger partial charge in [0.05, 0.1) is 17.4 Å². The Balaban J connectivity index is 1.33. The van der Waals surface area contributed by atoms with Gasteiger partial charge in [-0.1, -0.05) is 19.1 Å². The van der Waals surface area contributed by atoms with E-state index >= 15 is 0 Å². The molecule has 3 heterocycles. The molecule has 0 spiro atoms. The van der Waals surface area contributed by atoms with Crippen LogP contribution in [0.1, 0.15) is 25.3 Å². The Morgan fingerprint density at radius 3 is 2.38 bits per heavy atom. The molecule has 3 aliphatic rings. The van der Waals surface area contributed by atoms with Crippen molar-refractivity contribution in [1.29, 1.82) is 0 Å². The zero-order valence-electron chi connectivity index (χ0n) is 16.9. The molecule has 0 saturated carbocycles. The minimum atomic E-state index is -2.90. The molecular weight excluding hydrogens is 390 g/mol. The summed E-state index contributed by atoms with van der Waals surface area (Å²) in [6.07, 6.45) is 1.91. The number of sulfone groups is 1. The number of carbonyl (C=O) groups excluding carboxylic acids is 2. The molecule has 3 aliphatic heterocycles. The smallest absolute Gasteiger partial charge is 0.228 e. The van der Waals surface area contributed by atoms with Crippen molar-refractivity contribution in [2.75, 3.05) is 49.1 Å². The first-order valence-corrected chi connectivity index (χ1v) is 12.3. The summed E-state index contributed by atoms with van der Waals surface area (Å²) in [7, 11) is -2.90. The van der Waals surface area contributed by atoms with E-state index in [9.17, 15) is 18.0 Å². The lowest BCUT2D eigenvalue weighted by Crippen LogP contribution is -2.53. The van der Waals surface area contributed by atoms with Crippen LogP contribution in [0, 0.1) is 5.92 Å². The monoisotopic (exact) mass is 419 g/mol. The molecule has 2 unspecified atom stereocenters. The normalized spacial score (nSPS) is 27.6. The van der Waals surface area contributed by atoms with Gasteiger partial charge in [0.15, 0.2) is 9.84 Å². The van der Waals surface area contributed by atoms with Gasteiger partial charge < -0.3 is 9.80 Å². The van der Waals surface area contributed by atoms with Crippen LogP contribution in [0.3, 0.4) is 0 Å². The fraction of sp³-hybridized carbons (Fsp3) is 0.619. The Bertz CT molecular complexity index is 876. The Hall–Kier alpha value is -1.93. The molecule has 29 heavy (non-hydrogen) atoms. The van der Waals surface area contributed by atoms with Crippen LogP contribution in [0.5, 0.6) is 0 Å². The number of carbonyl (C=O) groups is 2. The van der Waals surface area contributed by atoms with Gasteiger partial charge in [0.1, 0.15) is 0 Å². The van der Waals surface area contributed by atoms with Gasteiger partial charge >= 0.3 is 0 Å². The summed E-state index contributed by atoms with van der Waals surface area (Å²) in [4.78, 5) is 31.3. The molecule has 8 heteroatoms. The molecule has 158 valence electrons. The highest BCUT2D eigenvalue weighted by molar-refractivity contribution is 7.91. The van der Waals surface area contributed by atoms with Crippen molar-refractivity contribution in [2.45, 2.75) is 32.2 Å². The molecule has 4 rings (SSSR count). The van der Waals surface area contributed by atoms with Crippen LogP contribution >= 0.6 is 0 Å². The molecule has 1 aromatic carbocycles. The van der Waals surface area contributed by atoms with Crippen LogP contribution in [0.25, 0.3) is 0 Å². The molecular formula is C21H29N3O4S. The molecule has 7 nitrogen and oxygen atoms in total. The topological polar surface area (TPSA) is 78.0 Å². The van der Waals surface area contributed by atoms with Crippen LogP contribution in [0.15, 0.2) is 24.3 Å². The van der Waals surface area contributed by atoms with E-state index in [-0.39, 0.29) is 41.7 Å². The van der Waals surface area contributed by atoms with Crippen LogP contribution in [0.2, 0.25) is 0 Å². The molecule has 3 fully saturated rings. The number of hydrogen-bond donors (Lipinski definition) is 0.